The Morgan fingerprint density at radius 3 is 2.03 bits per heavy atom. The van der Waals surface area contributed by atoms with Gasteiger partial charge in [0, 0.05) is 13.2 Å². The Hall–Kier alpha value is -2.13. The number of aryl methyl sites for hydroxylation is 1. The van der Waals surface area contributed by atoms with E-state index < -0.39 is 0 Å². The summed E-state index contributed by atoms with van der Waals surface area (Å²) in [5, 5.41) is 0. The molecule has 3 nitrogen and oxygen atoms in total. The molecule has 0 atom stereocenters. The van der Waals surface area contributed by atoms with E-state index in [1.807, 2.05) is 0 Å². The summed E-state index contributed by atoms with van der Waals surface area (Å²) in [6, 6.07) is 17.7. The standard InChI is InChI=1S/C26H34O3/c1-25(2,3)23-11-9-22(10-12-23)21-7-5-20(6-8-21)13-14-26(19-24(27)28-4)15-17-29-18-16-26/h5-12H,13-19H2,1-4H3. The highest BCUT2D eigenvalue weighted by atomic mass is 16.5. The number of methoxy groups -OCH3 is 1. The Morgan fingerprint density at radius 2 is 1.52 bits per heavy atom. The van der Waals surface area contributed by atoms with Crippen molar-refractivity contribution in [2.24, 2.45) is 5.41 Å². The van der Waals surface area contributed by atoms with Gasteiger partial charge in [-0.3, -0.25) is 4.79 Å². The molecular formula is C26H34O3. The second-order valence-electron chi connectivity index (χ2n) is 9.39. The fraction of sp³-hybridized carbons (Fsp3) is 0.500. The van der Waals surface area contributed by atoms with Crippen LogP contribution in [0.4, 0.5) is 0 Å². The summed E-state index contributed by atoms with van der Waals surface area (Å²) in [6.45, 7) is 8.19. The van der Waals surface area contributed by atoms with Crippen LogP contribution in [0.25, 0.3) is 11.1 Å². The van der Waals surface area contributed by atoms with Gasteiger partial charge in [0.15, 0.2) is 0 Å². The lowest BCUT2D eigenvalue weighted by molar-refractivity contribution is -0.145. The number of esters is 1. The zero-order chi connectivity index (χ0) is 20.9. The van der Waals surface area contributed by atoms with Crippen molar-refractivity contribution in [3.8, 4) is 11.1 Å². The highest BCUT2D eigenvalue weighted by molar-refractivity contribution is 5.70. The van der Waals surface area contributed by atoms with Crippen molar-refractivity contribution in [3.63, 3.8) is 0 Å². The molecule has 0 aromatic heterocycles. The van der Waals surface area contributed by atoms with Crippen molar-refractivity contribution in [2.45, 2.75) is 58.3 Å². The van der Waals surface area contributed by atoms with Crippen LogP contribution in [-0.4, -0.2) is 26.3 Å². The third-order valence-electron chi connectivity index (χ3n) is 6.28. The summed E-state index contributed by atoms with van der Waals surface area (Å²) in [5.41, 5.74) is 5.33. The number of carbonyl (C=O) groups excluding carboxylic acids is 1. The maximum Gasteiger partial charge on any atom is 0.306 e. The molecule has 0 spiro atoms. The molecule has 1 saturated heterocycles. The van der Waals surface area contributed by atoms with E-state index in [1.165, 1.54) is 29.4 Å². The molecule has 29 heavy (non-hydrogen) atoms. The van der Waals surface area contributed by atoms with Crippen LogP contribution in [-0.2, 0) is 26.1 Å². The highest BCUT2D eigenvalue weighted by Gasteiger charge is 2.34. The first-order chi connectivity index (χ1) is 13.8. The van der Waals surface area contributed by atoms with Crippen LogP contribution in [0.15, 0.2) is 48.5 Å². The highest BCUT2D eigenvalue weighted by Crippen LogP contribution is 2.39. The first kappa shape index (κ1) is 21.6. The Bertz CT molecular complexity index is 791. The van der Waals surface area contributed by atoms with Crippen LogP contribution in [0.2, 0.25) is 0 Å². The second kappa shape index (κ2) is 9.13. The molecular weight excluding hydrogens is 360 g/mol. The molecule has 0 amide bonds. The van der Waals surface area contributed by atoms with Gasteiger partial charge >= 0.3 is 5.97 Å². The molecule has 2 aromatic rings. The fourth-order valence-electron chi connectivity index (χ4n) is 4.13. The van der Waals surface area contributed by atoms with Crippen molar-refractivity contribution in [1.82, 2.24) is 0 Å². The smallest absolute Gasteiger partial charge is 0.306 e. The molecule has 0 bridgehead atoms. The van der Waals surface area contributed by atoms with Crippen LogP contribution in [0, 0.1) is 5.41 Å². The van der Waals surface area contributed by atoms with Crippen molar-refractivity contribution >= 4 is 5.97 Å². The van der Waals surface area contributed by atoms with Crippen molar-refractivity contribution in [1.29, 1.82) is 0 Å². The minimum Gasteiger partial charge on any atom is -0.469 e. The van der Waals surface area contributed by atoms with E-state index in [9.17, 15) is 4.79 Å². The van der Waals surface area contributed by atoms with Gasteiger partial charge in [-0.1, -0.05) is 69.3 Å². The number of hydrogen-bond donors (Lipinski definition) is 0. The molecule has 3 heteroatoms. The van der Waals surface area contributed by atoms with Gasteiger partial charge in [-0.15, -0.1) is 0 Å². The average Bonchev–Trinajstić information content (AvgIpc) is 2.73. The summed E-state index contributed by atoms with van der Waals surface area (Å²) in [5.74, 6) is -0.110. The van der Waals surface area contributed by atoms with Crippen LogP contribution in [0.3, 0.4) is 0 Å². The van der Waals surface area contributed by atoms with Crippen LogP contribution < -0.4 is 0 Å². The molecule has 156 valence electrons. The average molecular weight is 395 g/mol. The van der Waals surface area contributed by atoms with Crippen molar-refractivity contribution < 1.29 is 14.3 Å². The second-order valence-corrected chi connectivity index (χ2v) is 9.39. The molecule has 0 unspecified atom stereocenters. The normalized spacial score (nSPS) is 16.4. The predicted octanol–water partition coefficient (Wildman–Crippen LogP) is 5.94. The molecule has 1 heterocycles. The van der Waals surface area contributed by atoms with Gasteiger partial charge in [0.2, 0.25) is 0 Å². The van der Waals surface area contributed by atoms with E-state index in [0.717, 1.165) is 38.9 Å². The first-order valence-corrected chi connectivity index (χ1v) is 10.7. The Kier molecular flexibility index (Phi) is 6.79. The minimum absolute atomic E-state index is 0.00675. The lowest BCUT2D eigenvalue weighted by Gasteiger charge is -2.36. The van der Waals surface area contributed by atoms with Gasteiger partial charge in [0.05, 0.1) is 13.5 Å². The van der Waals surface area contributed by atoms with Crippen molar-refractivity contribution in [2.75, 3.05) is 20.3 Å². The Morgan fingerprint density at radius 1 is 0.966 bits per heavy atom. The summed E-state index contributed by atoms with van der Waals surface area (Å²) in [4.78, 5) is 11.9. The van der Waals surface area contributed by atoms with E-state index in [-0.39, 0.29) is 16.8 Å². The maximum atomic E-state index is 11.9. The Balaban J connectivity index is 1.66. The molecule has 0 N–H and O–H groups in total. The lowest BCUT2D eigenvalue weighted by Crippen LogP contribution is -2.33. The molecule has 3 rings (SSSR count). The predicted molar refractivity (Wildman–Crippen MR) is 118 cm³/mol. The zero-order valence-electron chi connectivity index (χ0n) is 18.3. The number of ether oxygens (including phenoxy) is 2. The number of benzene rings is 2. The summed E-state index contributed by atoms with van der Waals surface area (Å²) >= 11 is 0. The topological polar surface area (TPSA) is 35.5 Å². The van der Waals surface area contributed by atoms with E-state index >= 15 is 0 Å². The molecule has 0 aliphatic carbocycles. The van der Waals surface area contributed by atoms with Gasteiger partial charge in [-0.05, 0) is 58.8 Å². The van der Waals surface area contributed by atoms with Crippen LogP contribution >= 0.6 is 0 Å². The lowest BCUT2D eigenvalue weighted by atomic mass is 9.73. The van der Waals surface area contributed by atoms with Gasteiger partial charge in [0.1, 0.15) is 0 Å². The minimum atomic E-state index is -0.110. The van der Waals surface area contributed by atoms with Crippen molar-refractivity contribution in [3.05, 3.63) is 59.7 Å². The molecule has 1 aliphatic rings. The third-order valence-corrected chi connectivity index (χ3v) is 6.28. The summed E-state index contributed by atoms with van der Waals surface area (Å²) in [7, 11) is 1.47. The molecule has 0 saturated carbocycles. The molecule has 2 aromatic carbocycles. The van der Waals surface area contributed by atoms with Crippen LogP contribution in [0.1, 0.15) is 57.6 Å². The fourth-order valence-corrected chi connectivity index (χ4v) is 4.13. The molecule has 1 aliphatic heterocycles. The third kappa shape index (κ3) is 5.70. The largest absolute Gasteiger partial charge is 0.469 e. The SMILES string of the molecule is COC(=O)CC1(CCc2ccc(-c3ccc(C(C)(C)C)cc3)cc2)CCOCC1. The summed E-state index contributed by atoms with van der Waals surface area (Å²) in [6.07, 6.45) is 4.32. The number of hydrogen-bond acceptors (Lipinski definition) is 3. The molecule has 0 radical (unpaired) electrons. The zero-order valence-corrected chi connectivity index (χ0v) is 18.3. The maximum absolute atomic E-state index is 11.9. The Labute approximate surface area is 175 Å². The number of rotatable bonds is 6. The van der Waals surface area contributed by atoms with Gasteiger partial charge in [-0.25, -0.2) is 0 Å². The summed E-state index contributed by atoms with van der Waals surface area (Å²) < 4.78 is 10.5. The van der Waals surface area contributed by atoms with E-state index in [4.69, 9.17) is 9.47 Å². The van der Waals surface area contributed by atoms with E-state index in [2.05, 4.69) is 69.3 Å². The van der Waals surface area contributed by atoms with Gasteiger partial charge in [-0.2, -0.15) is 0 Å². The first-order valence-electron chi connectivity index (χ1n) is 10.7. The number of carbonyl (C=O) groups is 1. The van der Waals surface area contributed by atoms with Gasteiger partial charge < -0.3 is 9.47 Å². The van der Waals surface area contributed by atoms with E-state index in [1.54, 1.807) is 0 Å². The van der Waals surface area contributed by atoms with Crippen LogP contribution in [0.5, 0.6) is 0 Å². The monoisotopic (exact) mass is 394 g/mol. The van der Waals surface area contributed by atoms with E-state index in [0.29, 0.717) is 6.42 Å². The quantitative estimate of drug-likeness (QED) is 0.569. The molecule has 1 fully saturated rings. The van der Waals surface area contributed by atoms with Gasteiger partial charge in [0.25, 0.3) is 0 Å².